The predicted molar refractivity (Wildman–Crippen MR) is 99.2 cm³/mol. The Bertz CT molecular complexity index is 1080. The van der Waals surface area contributed by atoms with E-state index in [0.717, 1.165) is 28.0 Å². The Hall–Kier alpha value is -2.79. The van der Waals surface area contributed by atoms with Gasteiger partial charge in [-0.1, -0.05) is 0 Å². The van der Waals surface area contributed by atoms with Gasteiger partial charge in [0.2, 0.25) is 5.13 Å². The highest BCUT2D eigenvalue weighted by Gasteiger charge is 2.31. The highest BCUT2D eigenvalue weighted by atomic mass is 32.2. The number of hydrogen-bond acceptors (Lipinski definition) is 7. The van der Waals surface area contributed by atoms with Crippen LogP contribution in [-0.4, -0.2) is 32.0 Å². The third kappa shape index (κ3) is 3.90. The Morgan fingerprint density at radius 3 is 2.54 bits per heavy atom. The van der Waals surface area contributed by atoms with Crippen molar-refractivity contribution in [1.29, 1.82) is 0 Å². The second-order valence-electron chi connectivity index (χ2n) is 5.49. The molecule has 1 heterocycles. The molecule has 0 N–H and O–H groups in total. The van der Waals surface area contributed by atoms with E-state index in [0.29, 0.717) is 23.1 Å². The van der Waals surface area contributed by atoms with Gasteiger partial charge in [0.15, 0.2) is 0 Å². The second kappa shape index (κ2) is 8.07. The highest BCUT2D eigenvalue weighted by molar-refractivity contribution is 7.93. The minimum Gasteiger partial charge on any atom is -0.497 e. The maximum atomic E-state index is 14.2. The molecule has 0 aliphatic carbocycles. The zero-order chi connectivity index (χ0) is 20.3. The molecular weight excluding hydrogens is 412 g/mol. The largest absolute Gasteiger partial charge is 0.497 e. The van der Waals surface area contributed by atoms with Crippen molar-refractivity contribution in [1.82, 2.24) is 9.36 Å². The summed E-state index contributed by atoms with van der Waals surface area (Å²) in [5.74, 6) is -1.07. The standard InChI is InChI=1S/C17H15F2N3O4S2/c1-25-13-5-3-11(15(8-13)26-2)9-22(17-20-10-21-27-17)28(23,24)16-7-12(18)4-6-14(16)19/h3-8,10H,9H2,1-2H3. The molecule has 0 saturated carbocycles. The van der Waals surface area contributed by atoms with Crippen molar-refractivity contribution in [3.05, 3.63) is 59.9 Å². The molecule has 3 aromatic rings. The van der Waals surface area contributed by atoms with E-state index in [-0.39, 0.29) is 11.7 Å². The maximum absolute atomic E-state index is 14.2. The number of aromatic nitrogens is 2. The summed E-state index contributed by atoms with van der Waals surface area (Å²) in [6.45, 7) is -0.235. The van der Waals surface area contributed by atoms with Gasteiger partial charge in [-0.3, -0.25) is 0 Å². The Labute approximate surface area is 164 Å². The molecule has 0 unspecified atom stereocenters. The molecule has 0 spiro atoms. The topological polar surface area (TPSA) is 81.6 Å². The fourth-order valence-corrected chi connectivity index (χ4v) is 4.67. The lowest BCUT2D eigenvalue weighted by Gasteiger charge is -2.23. The van der Waals surface area contributed by atoms with Gasteiger partial charge in [-0.25, -0.2) is 26.5 Å². The minimum absolute atomic E-state index is 0.00142. The SMILES string of the molecule is COc1ccc(CN(c2ncns2)S(=O)(=O)c2cc(F)ccc2F)c(OC)c1. The first-order valence-corrected chi connectivity index (χ1v) is 10.0. The van der Waals surface area contributed by atoms with Crippen LogP contribution < -0.4 is 13.8 Å². The van der Waals surface area contributed by atoms with Gasteiger partial charge in [0, 0.05) is 23.2 Å². The highest BCUT2D eigenvalue weighted by Crippen LogP contribution is 2.32. The van der Waals surface area contributed by atoms with Crippen LogP contribution in [0, 0.1) is 11.6 Å². The van der Waals surface area contributed by atoms with E-state index in [9.17, 15) is 17.2 Å². The van der Waals surface area contributed by atoms with Crippen LogP contribution in [0.15, 0.2) is 47.6 Å². The first-order chi connectivity index (χ1) is 13.4. The number of methoxy groups -OCH3 is 2. The summed E-state index contributed by atoms with van der Waals surface area (Å²) in [6.07, 6.45) is 1.18. The van der Waals surface area contributed by atoms with Crippen molar-refractivity contribution in [2.24, 2.45) is 0 Å². The zero-order valence-corrected chi connectivity index (χ0v) is 16.4. The Balaban J connectivity index is 2.10. The van der Waals surface area contributed by atoms with Crippen molar-refractivity contribution < 1.29 is 26.7 Å². The normalized spacial score (nSPS) is 11.3. The van der Waals surface area contributed by atoms with Crippen LogP contribution in [0.2, 0.25) is 0 Å². The quantitative estimate of drug-likeness (QED) is 0.576. The van der Waals surface area contributed by atoms with E-state index in [1.807, 2.05) is 0 Å². The van der Waals surface area contributed by atoms with Crippen LogP contribution in [0.3, 0.4) is 0 Å². The van der Waals surface area contributed by atoms with E-state index in [4.69, 9.17) is 9.47 Å². The molecule has 0 fully saturated rings. The number of hydrogen-bond donors (Lipinski definition) is 0. The first-order valence-electron chi connectivity index (χ1n) is 7.82. The smallest absolute Gasteiger partial charge is 0.269 e. The van der Waals surface area contributed by atoms with Crippen molar-refractivity contribution >= 4 is 26.7 Å². The Morgan fingerprint density at radius 1 is 1.11 bits per heavy atom. The lowest BCUT2D eigenvalue weighted by atomic mass is 10.2. The number of anilines is 1. The molecule has 0 radical (unpaired) electrons. The number of rotatable bonds is 7. The van der Waals surface area contributed by atoms with Gasteiger partial charge in [-0.05, 0) is 30.3 Å². The monoisotopic (exact) mass is 427 g/mol. The molecule has 0 aliphatic rings. The number of ether oxygens (including phenoxy) is 2. The average Bonchev–Trinajstić information content (AvgIpc) is 3.21. The summed E-state index contributed by atoms with van der Waals surface area (Å²) in [4.78, 5) is 3.12. The summed E-state index contributed by atoms with van der Waals surface area (Å²) in [7, 11) is -1.57. The Morgan fingerprint density at radius 2 is 1.89 bits per heavy atom. The molecule has 0 bridgehead atoms. The van der Waals surface area contributed by atoms with Gasteiger partial charge in [-0.15, -0.1) is 0 Å². The van der Waals surface area contributed by atoms with E-state index >= 15 is 0 Å². The third-order valence-electron chi connectivity index (χ3n) is 3.83. The molecule has 11 heteroatoms. The number of sulfonamides is 1. The Kier molecular flexibility index (Phi) is 5.75. The molecule has 3 rings (SSSR count). The van der Waals surface area contributed by atoms with Crippen LogP contribution in [0.5, 0.6) is 11.5 Å². The van der Waals surface area contributed by atoms with E-state index in [1.165, 1.54) is 20.5 Å². The minimum atomic E-state index is -4.48. The molecule has 2 aromatic carbocycles. The van der Waals surface area contributed by atoms with E-state index < -0.39 is 26.6 Å². The van der Waals surface area contributed by atoms with Crippen molar-refractivity contribution in [2.75, 3.05) is 18.5 Å². The number of benzene rings is 2. The van der Waals surface area contributed by atoms with Crippen molar-refractivity contribution in [3.8, 4) is 11.5 Å². The van der Waals surface area contributed by atoms with Gasteiger partial charge in [0.05, 0.1) is 20.8 Å². The summed E-state index contributed by atoms with van der Waals surface area (Å²) in [5, 5.41) is 0.00142. The number of halogens is 2. The van der Waals surface area contributed by atoms with Gasteiger partial charge < -0.3 is 9.47 Å². The summed E-state index contributed by atoms with van der Waals surface area (Å²) >= 11 is 0.807. The van der Waals surface area contributed by atoms with Crippen LogP contribution >= 0.6 is 11.5 Å². The fourth-order valence-electron chi connectivity index (χ4n) is 2.46. The van der Waals surface area contributed by atoms with Crippen LogP contribution in [-0.2, 0) is 16.6 Å². The van der Waals surface area contributed by atoms with Crippen LogP contribution in [0.4, 0.5) is 13.9 Å². The molecule has 0 atom stereocenters. The van der Waals surface area contributed by atoms with E-state index in [1.54, 1.807) is 18.2 Å². The second-order valence-corrected chi connectivity index (χ2v) is 8.08. The van der Waals surface area contributed by atoms with Crippen molar-refractivity contribution in [3.63, 3.8) is 0 Å². The van der Waals surface area contributed by atoms with Crippen LogP contribution in [0.1, 0.15) is 5.56 Å². The maximum Gasteiger partial charge on any atom is 0.269 e. The molecule has 0 saturated heterocycles. The molecule has 0 aliphatic heterocycles. The zero-order valence-electron chi connectivity index (χ0n) is 14.8. The average molecular weight is 427 g/mol. The third-order valence-corrected chi connectivity index (χ3v) is 6.39. The molecule has 1 aromatic heterocycles. The van der Waals surface area contributed by atoms with Crippen molar-refractivity contribution in [2.45, 2.75) is 11.4 Å². The molecule has 28 heavy (non-hydrogen) atoms. The molecule has 148 valence electrons. The summed E-state index contributed by atoms with van der Waals surface area (Å²) < 4.78 is 69.1. The fraction of sp³-hybridized carbons (Fsp3) is 0.176. The summed E-state index contributed by atoms with van der Waals surface area (Å²) in [5.41, 5.74) is 0.471. The van der Waals surface area contributed by atoms with Gasteiger partial charge in [0.25, 0.3) is 10.0 Å². The number of nitrogens with zero attached hydrogens (tertiary/aromatic N) is 3. The predicted octanol–water partition coefficient (Wildman–Crippen LogP) is 3.23. The van der Waals surface area contributed by atoms with Gasteiger partial charge in [-0.2, -0.15) is 4.37 Å². The molecule has 0 amide bonds. The van der Waals surface area contributed by atoms with Crippen LogP contribution in [0.25, 0.3) is 0 Å². The lowest BCUT2D eigenvalue weighted by molar-refractivity contribution is 0.391. The van der Waals surface area contributed by atoms with Gasteiger partial charge in [0.1, 0.15) is 34.4 Å². The molecular formula is C17H15F2N3O4S2. The van der Waals surface area contributed by atoms with Gasteiger partial charge >= 0.3 is 0 Å². The van der Waals surface area contributed by atoms with E-state index in [2.05, 4.69) is 9.36 Å². The first kappa shape index (κ1) is 20.0. The molecule has 7 nitrogen and oxygen atoms in total. The lowest BCUT2D eigenvalue weighted by Crippen LogP contribution is -2.31. The summed E-state index contributed by atoms with van der Waals surface area (Å²) in [6, 6.07) is 7.06.